The smallest absolute Gasteiger partial charge is 0.133 e. The third kappa shape index (κ3) is 3.37. The molecule has 1 aromatic carbocycles. The summed E-state index contributed by atoms with van der Waals surface area (Å²) in [6.07, 6.45) is 0.947. The fraction of sp³-hybridized carbons (Fsp3) is 0.538. The number of aliphatic hydroxyl groups is 1. The van der Waals surface area contributed by atoms with E-state index in [9.17, 15) is 5.11 Å². The van der Waals surface area contributed by atoms with E-state index < -0.39 is 12.1 Å². The van der Waals surface area contributed by atoms with Crippen molar-refractivity contribution in [1.29, 1.82) is 0 Å². The molecule has 0 unspecified atom stereocenters. The molecule has 0 saturated carbocycles. The standard InChI is InChI=1S/C13H20BrNO3/c1-4-5-10(16)13(15)8-6-12(18-3)9(14)7-11(8)17-2/h6-7,10,13,16H,4-5,15H2,1-3H3/t10-,13+/m0/s1. The third-order valence-corrected chi connectivity index (χ3v) is 3.48. The van der Waals surface area contributed by atoms with Crippen LogP contribution >= 0.6 is 15.9 Å². The van der Waals surface area contributed by atoms with Crippen molar-refractivity contribution in [2.75, 3.05) is 14.2 Å². The molecule has 3 N–H and O–H groups in total. The summed E-state index contributed by atoms with van der Waals surface area (Å²) < 4.78 is 11.3. The molecule has 0 aliphatic rings. The largest absolute Gasteiger partial charge is 0.496 e. The van der Waals surface area contributed by atoms with Gasteiger partial charge < -0.3 is 20.3 Å². The Bertz CT molecular complexity index is 398. The molecule has 0 aliphatic heterocycles. The predicted molar refractivity (Wildman–Crippen MR) is 75.1 cm³/mol. The first kappa shape index (κ1) is 15.3. The lowest BCUT2D eigenvalue weighted by atomic mass is 9.98. The molecule has 0 aromatic heterocycles. The molecule has 18 heavy (non-hydrogen) atoms. The lowest BCUT2D eigenvalue weighted by Gasteiger charge is -2.22. The second-order valence-corrected chi connectivity index (χ2v) is 4.96. The van der Waals surface area contributed by atoms with Gasteiger partial charge in [0.1, 0.15) is 11.5 Å². The minimum atomic E-state index is -0.588. The predicted octanol–water partition coefficient (Wildman–Crippen LogP) is 2.63. The Labute approximate surface area is 116 Å². The average Bonchev–Trinajstić information content (AvgIpc) is 2.37. The van der Waals surface area contributed by atoms with Crippen LogP contribution < -0.4 is 15.2 Å². The lowest BCUT2D eigenvalue weighted by molar-refractivity contribution is 0.133. The highest BCUT2D eigenvalue weighted by molar-refractivity contribution is 9.10. The van der Waals surface area contributed by atoms with Crippen LogP contribution in [0.4, 0.5) is 0 Å². The highest BCUT2D eigenvalue weighted by Crippen LogP contribution is 2.36. The number of nitrogens with two attached hydrogens (primary N) is 1. The van der Waals surface area contributed by atoms with Crippen molar-refractivity contribution in [2.45, 2.75) is 31.9 Å². The van der Waals surface area contributed by atoms with Crippen molar-refractivity contribution in [3.63, 3.8) is 0 Å². The number of hydrogen-bond donors (Lipinski definition) is 2. The number of ether oxygens (including phenoxy) is 2. The Balaban J connectivity index is 3.12. The van der Waals surface area contributed by atoms with Gasteiger partial charge in [-0.15, -0.1) is 0 Å². The van der Waals surface area contributed by atoms with Gasteiger partial charge in [0.15, 0.2) is 0 Å². The summed E-state index contributed by atoms with van der Waals surface area (Å²) in [5.41, 5.74) is 6.82. The van der Waals surface area contributed by atoms with Crippen LogP contribution in [0.5, 0.6) is 11.5 Å². The van der Waals surface area contributed by atoms with Crippen LogP contribution in [0.15, 0.2) is 16.6 Å². The minimum absolute atomic E-state index is 0.484. The zero-order valence-corrected chi connectivity index (χ0v) is 12.5. The van der Waals surface area contributed by atoms with E-state index in [1.54, 1.807) is 26.4 Å². The molecule has 0 radical (unpaired) electrons. The van der Waals surface area contributed by atoms with E-state index in [1.165, 1.54) is 0 Å². The quantitative estimate of drug-likeness (QED) is 0.846. The molecule has 1 rings (SSSR count). The number of rotatable bonds is 6. The second kappa shape index (κ2) is 6.97. The Morgan fingerprint density at radius 2 is 1.89 bits per heavy atom. The summed E-state index contributed by atoms with van der Waals surface area (Å²) in [5, 5.41) is 9.99. The fourth-order valence-corrected chi connectivity index (χ4v) is 2.31. The van der Waals surface area contributed by atoms with Gasteiger partial charge in [-0.1, -0.05) is 13.3 Å². The molecule has 0 saturated heterocycles. The third-order valence-electron chi connectivity index (χ3n) is 2.86. The Morgan fingerprint density at radius 3 is 2.39 bits per heavy atom. The zero-order chi connectivity index (χ0) is 13.7. The molecule has 2 atom stereocenters. The molecule has 0 spiro atoms. The average molecular weight is 318 g/mol. The highest BCUT2D eigenvalue weighted by Gasteiger charge is 2.21. The molecule has 0 heterocycles. The summed E-state index contributed by atoms with van der Waals surface area (Å²) in [4.78, 5) is 0. The summed E-state index contributed by atoms with van der Waals surface area (Å²) >= 11 is 3.39. The van der Waals surface area contributed by atoms with Crippen LogP contribution in [-0.4, -0.2) is 25.4 Å². The van der Waals surface area contributed by atoms with Crippen LogP contribution in [0.1, 0.15) is 31.4 Å². The van der Waals surface area contributed by atoms with E-state index in [0.717, 1.165) is 16.5 Å². The molecular weight excluding hydrogens is 298 g/mol. The van der Waals surface area contributed by atoms with Crippen LogP contribution in [-0.2, 0) is 0 Å². The van der Waals surface area contributed by atoms with Gasteiger partial charge in [0.2, 0.25) is 0 Å². The van der Waals surface area contributed by atoms with Crippen molar-refractivity contribution in [3.8, 4) is 11.5 Å². The minimum Gasteiger partial charge on any atom is -0.496 e. The van der Waals surface area contributed by atoms with Crippen molar-refractivity contribution in [1.82, 2.24) is 0 Å². The molecule has 0 aliphatic carbocycles. The molecule has 0 bridgehead atoms. The van der Waals surface area contributed by atoms with E-state index in [0.29, 0.717) is 17.9 Å². The number of hydrogen-bond acceptors (Lipinski definition) is 4. The Hall–Kier alpha value is -0.780. The molecular formula is C13H20BrNO3. The van der Waals surface area contributed by atoms with Gasteiger partial charge in [0, 0.05) is 5.56 Å². The van der Waals surface area contributed by atoms with Gasteiger partial charge in [0.05, 0.1) is 30.8 Å². The van der Waals surface area contributed by atoms with E-state index >= 15 is 0 Å². The van der Waals surface area contributed by atoms with Gasteiger partial charge in [-0.3, -0.25) is 0 Å². The van der Waals surface area contributed by atoms with E-state index in [-0.39, 0.29) is 0 Å². The number of aliphatic hydroxyl groups excluding tert-OH is 1. The van der Waals surface area contributed by atoms with Gasteiger partial charge >= 0.3 is 0 Å². The fourth-order valence-electron chi connectivity index (χ4n) is 1.83. The van der Waals surface area contributed by atoms with Crippen LogP contribution in [0, 0.1) is 0 Å². The molecule has 0 amide bonds. The monoisotopic (exact) mass is 317 g/mol. The number of benzene rings is 1. The first-order valence-corrected chi connectivity index (χ1v) is 6.69. The molecule has 1 aromatic rings. The lowest BCUT2D eigenvalue weighted by Crippen LogP contribution is -2.26. The van der Waals surface area contributed by atoms with Gasteiger partial charge in [-0.05, 0) is 34.5 Å². The van der Waals surface area contributed by atoms with Gasteiger partial charge in [0.25, 0.3) is 0 Å². The molecule has 102 valence electrons. The normalized spacial score (nSPS) is 14.1. The van der Waals surface area contributed by atoms with Crippen LogP contribution in [0.25, 0.3) is 0 Å². The van der Waals surface area contributed by atoms with E-state index in [4.69, 9.17) is 15.2 Å². The first-order chi connectivity index (χ1) is 8.54. The molecule has 5 heteroatoms. The Kier molecular flexibility index (Phi) is 5.91. The SMILES string of the molecule is CCC[C@H](O)[C@H](N)c1cc(OC)c(Br)cc1OC. The topological polar surface area (TPSA) is 64.7 Å². The van der Waals surface area contributed by atoms with Gasteiger partial charge in [-0.2, -0.15) is 0 Å². The second-order valence-electron chi connectivity index (χ2n) is 4.11. The molecule has 4 nitrogen and oxygen atoms in total. The van der Waals surface area contributed by atoms with Crippen molar-refractivity contribution < 1.29 is 14.6 Å². The summed E-state index contributed by atoms with van der Waals surface area (Å²) in [5.74, 6) is 1.32. The van der Waals surface area contributed by atoms with Crippen LogP contribution in [0.3, 0.4) is 0 Å². The Morgan fingerprint density at radius 1 is 1.28 bits per heavy atom. The van der Waals surface area contributed by atoms with Crippen molar-refractivity contribution in [2.24, 2.45) is 5.73 Å². The number of methoxy groups -OCH3 is 2. The summed E-state index contributed by atoms with van der Waals surface area (Å²) in [7, 11) is 3.17. The first-order valence-electron chi connectivity index (χ1n) is 5.90. The van der Waals surface area contributed by atoms with Crippen LogP contribution in [0.2, 0.25) is 0 Å². The maximum Gasteiger partial charge on any atom is 0.133 e. The summed E-state index contributed by atoms with van der Waals surface area (Å²) in [6.45, 7) is 2.01. The number of halogens is 1. The molecule has 0 fully saturated rings. The zero-order valence-electron chi connectivity index (χ0n) is 10.9. The summed E-state index contributed by atoms with van der Waals surface area (Å²) in [6, 6.07) is 3.11. The van der Waals surface area contributed by atoms with E-state index in [2.05, 4.69) is 15.9 Å². The maximum atomic E-state index is 9.99. The maximum absolute atomic E-state index is 9.99. The van der Waals surface area contributed by atoms with Crippen molar-refractivity contribution >= 4 is 15.9 Å². The van der Waals surface area contributed by atoms with Crippen molar-refractivity contribution in [3.05, 3.63) is 22.2 Å². The highest BCUT2D eigenvalue weighted by atomic mass is 79.9. The van der Waals surface area contributed by atoms with Gasteiger partial charge in [-0.25, -0.2) is 0 Å². The van der Waals surface area contributed by atoms with E-state index in [1.807, 2.05) is 6.92 Å².